The SMILES string of the molecule is Cc1ccc(COc2ccc(-c3ccc(/C=N/OCC(=O)O)cc3)cc2)cc1. The molecular formula is C23H21NO4. The summed E-state index contributed by atoms with van der Waals surface area (Å²) in [5.41, 5.74) is 5.34. The molecule has 0 aliphatic heterocycles. The second-order valence-electron chi connectivity index (χ2n) is 6.32. The van der Waals surface area contributed by atoms with E-state index in [0.717, 1.165) is 28.0 Å². The number of aryl methyl sites for hydroxylation is 1. The molecule has 0 aliphatic rings. The van der Waals surface area contributed by atoms with Gasteiger partial charge in [0.1, 0.15) is 12.4 Å². The molecule has 0 spiro atoms. The lowest BCUT2D eigenvalue weighted by Gasteiger charge is -2.08. The van der Waals surface area contributed by atoms with E-state index in [1.165, 1.54) is 11.8 Å². The van der Waals surface area contributed by atoms with Crippen LogP contribution in [0.1, 0.15) is 16.7 Å². The lowest BCUT2D eigenvalue weighted by Crippen LogP contribution is -2.03. The second-order valence-corrected chi connectivity index (χ2v) is 6.32. The van der Waals surface area contributed by atoms with Crippen LogP contribution in [0.2, 0.25) is 0 Å². The summed E-state index contributed by atoms with van der Waals surface area (Å²) in [6.45, 7) is 2.15. The molecule has 0 aromatic heterocycles. The summed E-state index contributed by atoms with van der Waals surface area (Å²) in [5, 5.41) is 12.1. The third-order valence-corrected chi connectivity index (χ3v) is 4.09. The Morgan fingerprint density at radius 3 is 2.14 bits per heavy atom. The van der Waals surface area contributed by atoms with Gasteiger partial charge in [-0.25, -0.2) is 4.79 Å². The Balaban J connectivity index is 1.56. The van der Waals surface area contributed by atoms with E-state index < -0.39 is 12.6 Å². The van der Waals surface area contributed by atoms with Crippen molar-refractivity contribution in [2.24, 2.45) is 5.16 Å². The van der Waals surface area contributed by atoms with Gasteiger partial charge in [-0.3, -0.25) is 0 Å². The quantitative estimate of drug-likeness (QED) is 0.459. The fourth-order valence-electron chi connectivity index (χ4n) is 2.55. The molecule has 0 amide bonds. The Morgan fingerprint density at radius 2 is 1.54 bits per heavy atom. The van der Waals surface area contributed by atoms with Crippen molar-refractivity contribution in [3.8, 4) is 16.9 Å². The fraction of sp³-hybridized carbons (Fsp3) is 0.130. The Labute approximate surface area is 163 Å². The summed E-state index contributed by atoms with van der Waals surface area (Å²) in [7, 11) is 0. The zero-order valence-electron chi connectivity index (χ0n) is 15.5. The number of carboxylic acids is 1. The summed E-state index contributed by atoms with van der Waals surface area (Å²) in [6, 6.07) is 24.0. The molecule has 1 N–H and O–H groups in total. The zero-order chi connectivity index (χ0) is 19.8. The number of hydrogen-bond donors (Lipinski definition) is 1. The summed E-state index contributed by atoms with van der Waals surface area (Å²) >= 11 is 0. The minimum atomic E-state index is -1.06. The topological polar surface area (TPSA) is 68.1 Å². The van der Waals surface area contributed by atoms with E-state index in [0.29, 0.717) is 6.61 Å². The summed E-state index contributed by atoms with van der Waals surface area (Å²) < 4.78 is 5.84. The van der Waals surface area contributed by atoms with Crippen LogP contribution in [-0.4, -0.2) is 23.9 Å². The van der Waals surface area contributed by atoms with Crippen molar-refractivity contribution in [2.45, 2.75) is 13.5 Å². The fourth-order valence-corrected chi connectivity index (χ4v) is 2.55. The highest BCUT2D eigenvalue weighted by Crippen LogP contribution is 2.23. The van der Waals surface area contributed by atoms with Gasteiger partial charge < -0.3 is 14.7 Å². The van der Waals surface area contributed by atoms with Crippen molar-refractivity contribution in [1.82, 2.24) is 0 Å². The van der Waals surface area contributed by atoms with Gasteiger partial charge in [-0.15, -0.1) is 0 Å². The normalized spacial score (nSPS) is 10.8. The lowest BCUT2D eigenvalue weighted by molar-refractivity contribution is -0.142. The molecule has 0 saturated carbocycles. The van der Waals surface area contributed by atoms with E-state index in [1.54, 1.807) is 0 Å². The summed E-state index contributed by atoms with van der Waals surface area (Å²) in [5.74, 6) is -0.234. The predicted octanol–water partition coefficient (Wildman–Crippen LogP) is 4.68. The highest BCUT2D eigenvalue weighted by molar-refractivity contribution is 5.80. The van der Waals surface area contributed by atoms with Crippen LogP contribution in [0.5, 0.6) is 5.75 Å². The standard InChI is InChI=1S/C23H21NO4/c1-17-2-4-19(5-3-17)15-27-22-12-10-21(11-13-22)20-8-6-18(7-9-20)14-24-28-16-23(25)26/h2-14H,15-16H2,1H3,(H,25,26)/b24-14+. The first-order valence-corrected chi connectivity index (χ1v) is 8.86. The highest BCUT2D eigenvalue weighted by atomic mass is 16.6. The number of ether oxygens (including phenoxy) is 1. The van der Waals surface area contributed by atoms with Crippen LogP contribution >= 0.6 is 0 Å². The summed E-state index contributed by atoms with van der Waals surface area (Å²) in [6.07, 6.45) is 1.48. The molecule has 142 valence electrons. The molecule has 5 nitrogen and oxygen atoms in total. The molecule has 3 rings (SSSR count). The molecule has 0 heterocycles. The van der Waals surface area contributed by atoms with E-state index in [2.05, 4.69) is 41.2 Å². The molecule has 0 aliphatic carbocycles. The molecule has 0 radical (unpaired) electrons. The minimum Gasteiger partial charge on any atom is -0.489 e. The van der Waals surface area contributed by atoms with Crippen molar-refractivity contribution >= 4 is 12.2 Å². The first-order chi connectivity index (χ1) is 13.6. The number of hydrogen-bond acceptors (Lipinski definition) is 4. The maximum absolute atomic E-state index is 10.4. The number of oxime groups is 1. The van der Waals surface area contributed by atoms with Crippen LogP contribution in [0.4, 0.5) is 0 Å². The molecule has 3 aromatic rings. The van der Waals surface area contributed by atoms with E-state index in [4.69, 9.17) is 9.84 Å². The van der Waals surface area contributed by atoms with Gasteiger partial charge in [0.25, 0.3) is 0 Å². The largest absolute Gasteiger partial charge is 0.489 e. The van der Waals surface area contributed by atoms with Crippen LogP contribution in [0.25, 0.3) is 11.1 Å². The van der Waals surface area contributed by atoms with E-state index in [9.17, 15) is 4.79 Å². The van der Waals surface area contributed by atoms with Crippen LogP contribution in [0.3, 0.4) is 0 Å². The second kappa shape index (κ2) is 9.37. The van der Waals surface area contributed by atoms with Gasteiger partial charge >= 0.3 is 5.97 Å². The monoisotopic (exact) mass is 375 g/mol. The number of nitrogens with zero attached hydrogens (tertiary/aromatic N) is 1. The van der Waals surface area contributed by atoms with Gasteiger partial charge in [0.05, 0.1) is 6.21 Å². The molecule has 0 saturated heterocycles. The van der Waals surface area contributed by atoms with Gasteiger partial charge in [0.15, 0.2) is 0 Å². The number of benzene rings is 3. The van der Waals surface area contributed by atoms with Gasteiger partial charge in [-0.05, 0) is 41.3 Å². The van der Waals surface area contributed by atoms with Crippen molar-refractivity contribution in [3.05, 3.63) is 89.5 Å². The summed E-state index contributed by atoms with van der Waals surface area (Å²) in [4.78, 5) is 15.0. The minimum absolute atomic E-state index is 0.451. The van der Waals surface area contributed by atoms with Crippen LogP contribution in [0, 0.1) is 6.92 Å². The third kappa shape index (κ3) is 5.71. The maximum Gasteiger partial charge on any atom is 0.344 e. The van der Waals surface area contributed by atoms with Crippen molar-refractivity contribution in [2.75, 3.05) is 6.61 Å². The number of carboxylic acid groups (broad SMARTS) is 1. The van der Waals surface area contributed by atoms with Crippen LogP contribution < -0.4 is 4.74 Å². The van der Waals surface area contributed by atoms with E-state index in [-0.39, 0.29) is 0 Å². The first kappa shape index (κ1) is 19.2. The van der Waals surface area contributed by atoms with Gasteiger partial charge in [0, 0.05) is 0 Å². The molecule has 0 bridgehead atoms. The van der Waals surface area contributed by atoms with Crippen molar-refractivity contribution < 1.29 is 19.5 Å². The van der Waals surface area contributed by atoms with Gasteiger partial charge in [-0.1, -0.05) is 71.4 Å². The van der Waals surface area contributed by atoms with Crippen molar-refractivity contribution in [3.63, 3.8) is 0 Å². The molecule has 0 atom stereocenters. The average Bonchev–Trinajstić information content (AvgIpc) is 2.72. The van der Waals surface area contributed by atoms with Gasteiger partial charge in [-0.2, -0.15) is 0 Å². The highest BCUT2D eigenvalue weighted by Gasteiger charge is 2.01. The molecule has 28 heavy (non-hydrogen) atoms. The Bertz CT molecular complexity index is 930. The molecule has 5 heteroatoms. The first-order valence-electron chi connectivity index (χ1n) is 8.86. The third-order valence-electron chi connectivity index (χ3n) is 4.09. The van der Waals surface area contributed by atoms with Gasteiger partial charge in [0.2, 0.25) is 6.61 Å². The lowest BCUT2D eigenvalue weighted by atomic mass is 10.0. The molecule has 0 unspecified atom stereocenters. The smallest absolute Gasteiger partial charge is 0.344 e. The van der Waals surface area contributed by atoms with E-state index >= 15 is 0 Å². The number of carbonyl (C=O) groups is 1. The Kier molecular flexibility index (Phi) is 6.41. The predicted molar refractivity (Wildman–Crippen MR) is 109 cm³/mol. The Morgan fingerprint density at radius 1 is 0.929 bits per heavy atom. The van der Waals surface area contributed by atoms with Crippen LogP contribution in [-0.2, 0) is 16.2 Å². The molecule has 0 fully saturated rings. The average molecular weight is 375 g/mol. The van der Waals surface area contributed by atoms with Crippen molar-refractivity contribution in [1.29, 1.82) is 0 Å². The number of aliphatic carboxylic acids is 1. The molecule has 3 aromatic carbocycles. The Hall–Kier alpha value is -3.60. The molecular weight excluding hydrogens is 354 g/mol. The number of rotatable bonds is 8. The zero-order valence-corrected chi connectivity index (χ0v) is 15.5. The maximum atomic E-state index is 10.4. The van der Waals surface area contributed by atoms with E-state index in [1.807, 2.05) is 48.5 Å². The van der Waals surface area contributed by atoms with Crippen LogP contribution in [0.15, 0.2) is 78.0 Å².